The Labute approximate surface area is 164 Å². The molecule has 4 rings (SSSR count). The second-order valence-electron chi connectivity index (χ2n) is 10.6. The van der Waals surface area contributed by atoms with Crippen LogP contribution in [0.5, 0.6) is 0 Å². The van der Waals surface area contributed by atoms with E-state index >= 15 is 0 Å². The lowest BCUT2D eigenvalue weighted by atomic mass is 9.45. The maximum atomic E-state index is 12.5. The van der Waals surface area contributed by atoms with Gasteiger partial charge in [0, 0.05) is 17.9 Å². The molecule has 0 spiro atoms. The zero-order valence-corrected chi connectivity index (χ0v) is 17.3. The van der Waals surface area contributed by atoms with Gasteiger partial charge in [0.25, 0.3) is 0 Å². The van der Waals surface area contributed by atoms with Crippen LogP contribution >= 0.6 is 0 Å². The van der Waals surface area contributed by atoms with Gasteiger partial charge < -0.3 is 10.5 Å². The quantitative estimate of drug-likeness (QED) is 0.749. The molecular formula is C23H37NO3. The number of rotatable bonds is 3. The molecule has 0 aromatic heterocycles. The van der Waals surface area contributed by atoms with Gasteiger partial charge in [0.2, 0.25) is 0 Å². The smallest absolute Gasteiger partial charge is 0.307 e. The van der Waals surface area contributed by atoms with Crippen molar-refractivity contribution in [3.63, 3.8) is 0 Å². The lowest BCUT2D eigenvalue weighted by Crippen LogP contribution is -2.54. The Bertz CT molecular complexity index is 617. The third-order valence-electron chi connectivity index (χ3n) is 9.11. The van der Waals surface area contributed by atoms with Crippen molar-refractivity contribution < 1.29 is 14.3 Å². The highest BCUT2D eigenvalue weighted by molar-refractivity contribution is 5.87. The van der Waals surface area contributed by atoms with Gasteiger partial charge in [-0.2, -0.15) is 0 Å². The molecule has 4 nitrogen and oxygen atoms in total. The summed E-state index contributed by atoms with van der Waals surface area (Å²) < 4.78 is 5.77. The van der Waals surface area contributed by atoms with E-state index in [1.165, 1.54) is 19.3 Å². The topological polar surface area (TPSA) is 69.4 Å². The molecule has 4 heteroatoms. The van der Waals surface area contributed by atoms with Gasteiger partial charge in [-0.1, -0.05) is 13.8 Å². The number of hydrogen-bond donors (Lipinski definition) is 1. The molecule has 0 aromatic rings. The first kappa shape index (κ1) is 19.4. The van der Waals surface area contributed by atoms with Gasteiger partial charge in [-0.3, -0.25) is 9.59 Å². The Morgan fingerprint density at radius 1 is 1.15 bits per heavy atom. The first-order valence-corrected chi connectivity index (χ1v) is 11.2. The van der Waals surface area contributed by atoms with Crippen LogP contribution in [0.1, 0.15) is 85.0 Å². The summed E-state index contributed by atoms with van der Waals surface area (Å²) >= 11 is 0. The molecule has 0 aromatic carbocycles. The van der Waals surface area contributed by atoms with Crippen LogP contribution < -0.4 is 5.73 Å². The predicted molar refractivity (Wildman–Crippen MR) is 105 cm³/mol. The molecule has 0 saturated heterocycles. The maximum Gasteiger partial charge on any atom is 0.307 e. The number of ketones is 1. The molecule has 4 aliphatic carbocycles. The van der Waals surface area contributed by atoms with Crippen LogP contribution in [0.25, 0.3) is 0 Å². The number of carbonyl (C=O) groups excluding carboxylic acids is 2. The molecular weight excluding hydrogens is 338 g/mol. The molecule has 4 saturated carbocycles. The summed E-state index contributed by atoms with van der Waals surface area (Å²) in [4.78, 5) is 24.6. The fourth-order valence-electron chi connectivity index (χ4n) is 7.59. The van der Waals surface area contributed by atoms with Crippen molar-refractivity contribution in [1.29, 1.82) is 0 Å². The van der Waals surface area contributed by atoms with E-state index in [1.807, 2.05) is 6.92 Å². The molecule has 0 radical (unpaired) electrons. The first-order valence-electron chi connectivity index (χ1n) is 11.2. The molecule has 0 bridgehead atoms. The first-order chi connectivity index (χ1) is 12.7. The van der Waals surface area contributed by atoms with Crippen molar-refractivity contribution in [1.82, 2.24) is 0 Å². The fourth-order valence-corrected chi connectivity index (χ4v) is 7.59. The summed E-state index contributed by atoms with van der Waals surface area (Å²) in [6.07, 6.45) is 10.3. The Morgan fingerprint density at radius 2 is 1.93 bits per heavy atom. The van der Waals surface area contributed by atoms with Crippen LogP contribution in [-0.4, -0.2) is 23.9 Å². The monoisotopic (exact) mass is 375 g/mol. The van der Waals surface area contributed by atoms with Crippen molar-refractivity contribution in [2.45, 2.75) is 97.1 Å². The number of hydrogen-bond acceptors (Lipinski definition) is 4. The Kier molecular flexibility index (Phi) is 4.93. The van der Waals surface area contributed by atoms with Crippen LogP contribution in [0.2, 0.25) is 0 Å². The minimum Gasteiger partial charge on any atom is -0.462 e. The van der Waals surface area contributed by atoms with Crippen molar-refractivity contribution in [2.75, 3.05) is 0 Å². The normalized spacial score (nSPS) is 47.6. The van der Waals surface area contributed by atoms with Crippen LogP contribution in [0.4, 0.5) is 0 Å². The third kappa shape index (κ3) is 3.16. The highest BCUT2D eigenvalue weighted by Gasteiger charge is 2.60. The van der Waals surface area contributed by atoms with Gasteiger partial charge in [-0.15, -0.1) is 0 Å². The van der Waals surface area contributed by atoms with Crippen molar-refractivity contribution in [3.8, 4) is 0 Å². The molecule has 4 aliphatic rings. The Hall–Kier alpha value is -0.900. The van der Waals surface area contributed by atoms with Crippen molar-refractivity contribution in [3.05, 3.63) is 0 Å². The molecule has 152 valence electrons. The number of carbonyl (C=O) groups is 2. The summed E-state index contributed by atoms with van der Waals surface area (Å²) in [6, 6.07) is -0.132. The van der Waals surface area contributed by atoms with E-state index in [-0.39, 0.29) is 23.5 Å². The van der Waals surface area contributed by atoms with E-state index in [0.717, 1.165) is 50.4 Å². The van der Waals surface area contributed by atoms with Crippen LogP contribution in [0.3, 0.4) is 0 Å². The van der Waals surface area contributed by atoms with Gasteiger partial charge in [-0.05, 0) is 87.4 Å². The van der Waals surface area contributed by atoms with Gasteiger partial charge in [0.05, 0.1) is 6.42 Å². The number of fused-ring (bicyclic) bond motifs is 5. The van der Waals surface area contributed by atoms with Crippen molar-refractivity contribution in [2.24, 2.45) is 40.2 Å². The Balaban J connectivity index is 1.45. The number of Topliss-reactive ketones (excluding diaryl/α,β-unsaturated/α-hetero) is 1. The average Bonchev–Trinajstić information content (AvgIpc) is 2.90. The molecule has 27 heavy (non-hydrogen) atoms. The Morgan fingerprint density at radius 3 is 2.67 bits per heavy atom. The zero-order valence-electron chi connectivity index (χ0n) is 17.3. The largest absolute Gasteiger partial charge is 0.462 e. The highest BCUT2D eigenvalue weighted by Crippen LogP contribution is 2.65. The van der Waals surface area contributed by atoms with Crippen LogP contribution in [0.15, 0.2) is 0 Å². The molecule has 8 unspecified atom stereocenters. The van der Waals surface area contributed by atoms with E-state index < -0.39 is 0 Å². The third-order valence-corrected chi connectivity index (χ3v) is 9.11. The highest BCUT2D eigenvalue weighted by atomic mass is 16.5. The average molecular weight is 376 g/mol. The van der Waals surface area contributed by atoms with E-state index in [2.05, 4.69) is 13.8 Å². The lowest BCUT2D eigenvalue weighted by molar-refractivity contribution is -0.162. The van der Waals surface area contributed by atoms with Gasteiger partial charge >= 0.3 is 5.97 Å². The summed E-state index contributed by atoms with van der Waals surface area (Å²) in [6.45, 7) is 6.62. The minimum atomic E-state index is -0.134. The molecule has 0 heterocycles. The number of ether oxygens (including phenoxy) is 1. The zero-order chi connectivity index (χ0) is 19.4. The second-order valence-corrected chi connectivity index (χ2v) is 10.6. The predicted octanol–water partition coefficient (Wildman–Crippen LogP) is 4.25. The molecule has 8 atom stereocenters. The van der Waals surface area contributed by atoms with E-state index in [4.69, 9.17) is 10.5 Å². The van der Waals surface area contributed by atoms with Crippen molar-refractivity contribution >= 4 is 11.8 Å². The van der Waals surface area contributed by atoms with Crippen LogP contribution in [-0.2, 0) is 14.3 Å². The van der Waals surface area contributed by atoms with E-state index in [1.54, 1.807) is 0 Å². The fraction of sp³-hybridized carbons (Fsp3) is 0.913. The standard InChI is InChI=1S/C23H37NO3/c1-14(24)12-21(26)27-16-8-10-22(2)15(13-16)4-5-17-18-6-7-20(25)23(18,3)11-9-19(17)22/h14-19H,4-13,24H2,1-3H3. The lowest BCUT2D eigenvalue weighted by Gasteiger charge is -2.60. The SMILES string of the molecule is CC(N)CC(=O)OC1CCC2(C)C(CCC3C4CCC(=O)C4(C)CCC32)C1. The minimum absolute atomic E-state index is 0.0317. The summed E-state index contributed by atoms with van der Waals surface area (Å²) in [5.74, 6) is 3.15. The molecule has 4 fully saturated rings. The summed E-state index contributed by atoms with van der Waals surface area (Å²) in [5, 5.41) is 0. The van der Waals surface area contributed by atoms with Gasteiger partial charge in [-0.25, -0.2) is 0 Å². The van der Waals surface area contributed by atoms with E-state index in [0.29, 0.717) is 29.5 Å². The number of nitrogens with two attached hydrogens (primary N) is 1. The second kappa shape index (κ2) is 6.86. The molecule has 0 aliphatic heterocycles. The van der Waals surface area contributed by atoms with Gasteiger partial charge in [0.15, 0.2) is 0 Å². The summed E-state index contributed by atoms with van der Waals surface area (Å²) in [7, 11) is 0. The van der Waals surface area contributed by atoms with Gasteiger partial charge in [0.1, 0.15) is 11.9 Å². The molecule has 2 N–H and O–H groups in total. The maximum absolute atomic E-state index is 12.5. The number of esters is 1. The summed E-state index contributed by atoms with van der Waals surface area (Å²) in [5.41, 5.74) is 6.07. The van der Waals surface area contributed by atoms with E-state index in [9.17, 15) is 9.59 Å². The van der Waals surface area contributed by atoms with Crippen LogP contribution in [0, 0.1) is 34.5 Å². The molecule has 0 amide bonds.